The third kappa shape index (κ3) is 9.89. The molecule has 5 aromatic rings. The average Bonchev–Trinajstić information content (AvgIpc) is 3.64. The lowest BCUT2D eigenvalue weighted by Gasteiger charge is -2.28. The van der Waals surface area contributed by atoms with E-state index in [9.17, 15) is 29.7 Å². The summed E-state index contributed by atoms with van der Waals surface area (Å²) in [4.78, 5) is 32.1. The molecule has 0 saturated heterocycles. The van der Waals surface area contributed by atoms with Crippen molar-refractivity contribution in [2.24, 2.45) is 0 Å². The molecule has 2 amide bonds. The smallest absolute Gasteiger partial charge is 0.423 e. The van der Waals surface area contributed by atoms with Crippen molar-refractivity contribution in [3.8, 4) is 0 Å². The number of carbonyl (C=O) groups excluding carboxylic acids is 2. The molecule has 0 saturated carbocycles. The van der Waals surface area contributed by atoms with Gasteiger partial charge in [-0.25, -0.2) is 0 Å². The van der Waals surface area contributed by atoms with E-state index in [2.05, 4.69) is 90.8 Å². The molecule has 11 nitrogen and oxygen atoms in total. The van der Waals surface area contributed by atoms with Crippen LogP contribution in [-0.2, 0) is 28.7 Å². The van der Waals surface area contributed by atoms with E-state index >= 15 is 0 Å². The number of nitrogens with one attached hydrogen (secondary N) is 2. The zero-order valence-corrected chi connectivity index (χ0v) is 37.6. The van der Waals surface area contributed by atoms with E-state index in [1.165, 1.54) is 0 Å². The van der Waals surface area contributed by atoms with E-state index < -0.39 is 25.1 Å². The minimum absolute atomic E-state index is 0.218. The number of allylic oxidation sites excluding steroid dienone is 6. The second kappa shape index (κ2) is 19.6. The molecule has 1 aromatic heterocycles. The number of hydrogen-bond donors (Lipinski definition) is 6. The Labute approximate surface area is 382 Å². The van der Waals surface area contributed by atoms with Gasteiger partial charge in [0.1, 0.15) is 0 Å². The zero-order chi connectivity index (χ0) is 46.5. The van der Waals surface area contributed by atoms with Crippen LogP contribution in [0, 0.1) is 0 Å². The van der Waals surface area contributed by atoms with E-state index in [0.29, 0.717) is 60.4 Å². The van der Waals surface area contributed by atoms with Gasteiger partial charge in [-0.05, 0) is 79.6 Å². The fourth-order valence-electron chi connectivity index (χ4n) is 8.83. The molecule has 0 bridgehead atoms. The van der Waals surface area contributed by atoms with Crippen molar-refractivity contribution in [2.75, 3.05) is 18.0 Å². The van der Waals surface area contributed by atoms with Crippen LogP contribution in [0.4, 0.5) is 11.4 Å². The van der Waals surface area contributed by atoms with Crippen molar-refractivity contribution >= 4 is 59.6 Å². The number of nitrogens with zero attached hydrogens (tertiary/aromatic N) is 3. The van der Waals surface area contributed by atoms with Crippen molar-refractivity contribution in [1.82, 2.24) is 15.6 Å². The molecule has 2 aliphatic heterocycles. The van der Waals surface area contributed by atoms with Crippen LogP contribution < -0.4 is 26.5 Å². The highest BCUT2D eigenvalue weighted by Crippen LogP contribution is 2.48. The highest BCUT2D eigenvalue weighted by Gasteiger charge is 2.45. The molecule has 2 aliphatic rings. The van der Waals surface area contributed by atoms with Crippen LogP contribution >= 0.6 is 0 Å². The van der Waals surface area contributed by atoms with Gasteiger partial charge in [0, 0.05) is 77.0 Å². The lowest BCUT2D eigenvalue weighted by atomic mass is 9.77. The summed E-state index contributed by atoms with van der Waals surface area (Å²) in [6, 6.07) is 34.8. The summed E-state index contributed by atoms with van der Waals surface area (Å²) in [6.07, 6.45) is 10.4. The number of pyridine rings is 1. The number of aromatic nitrogens is 1. The van der Waals surface area contributed by atoms with Gasteiger partial charge >= 0.3 is 14.2 Å². The van der Waals surface area contributed by atoms with E-state index in [1.807, 2.05) is 66.7 Å². The highest BCUT2D eigenvalue weighted by molar-refractivity contribution is 6.59. The van der Waals surface area contributed by atoms with E-state index in [-0.39, 0.29) is 11.8 Å². The summed E-state index contributed by atoms with van der Waals surface area (Å²) in [6.45, 7) is 15.6. The Hall–Kier alpha value is -6.63. The molecule has 0 unspecified atom stereocenters. The zero-order valence-electron chi connectivity index (χ0n) is 37.6. The molecule has 0 aliphatic carbocycles. The quantitative estimate of drug-likeness (QED) is 0.0255. The maximum atomic E-state index is 13.2. The Bertz CT molecular complexity index is 2740. The van der Waals surface area contributed by atoms with Crippen LogP contribution in [0.1, 0.15) is 79.3 Å². The molecule has 0 fully saturated rings. The second-order valence-corrected chi connectivity index (χ2v) is 17.6. The van der Waals surface area contributed by atoms with Gasteiger partial charge in [-0.15, -0.1) is 0 Å². The largest absolute Gasteiger partial charge is 0.488 e. The second-order valence-electron chi connectivity index (χ2n) is 17.6. The van der Waals surface area contributed by atoms with Gasteiger partial charge in [0.05, 0.1) is 16.7 Å². The molecular weight excluding hydrogens is 812 g/mol. The van der Waals surface area contributed by atoms with Gasteiger partial charge in [0.2, 0.25) is 11.6 Å². The maximum Gasteiger partial charge on any atom is 0.488 e. The number of hydrogen-bond acceptors (Lipinski definition) is 8. The molecule has 7 rings (SSSR count). The van der Waals surface area contributed by atoms with Crippen LogP contribution in [0.3, 0.4) is 0 Å². The maximum absolute atomic E-state index is 13.2. The number of carbonyl (C=O) groups is 2. The summed E-state index contributed by atoms with van der Waals surface area (Å²) in [5, 5.41) is 46.9. The lowest BCUT2D eigenvalue weighted by molar-refractivity contribution is -0.454. The Morgan fingerprint density at radius 2 is 1.38 bits per heavy atom. The van der Waals surface area contributed by atoms with Crippen LogP contribution in [0.25, 0.3) is 5.57 Å². The van der Waals surface area contributed by atoms with Gasteiger partial charge < -0.3 is 35.6 Å². The van der Waals surface area contributed by atoms with Crippen molar-refractivity contribution in [3.05, 3.63) is 191 Å². The number of amides is 2. The van der Waals surface area contributed by atoms with Gasteiger partial charge in [0.25, 0.3) is 5.91 Å². The van der Waals surface area contributed by atoms with Crippen molar-refractivity contribution in [2.45, 2.75) is 65.0 Å². The first-order valence-electron chi connectivity index (χ1n) is 21.9. The number of anilines is 1. The normalized spacial score (nSPS) is 15.6. The van der Waals surface area contributed by atoms with Gasteiger partial charge in [-0.2, -0.15) is 4.58 Å². The summed E-state index contributed by atoms with van der Waals surface area (Å²) < 4.78 is 2.22. The third-order valence-corrected chi connectivity index (χ3v) is 12.4. The predicted molar refractivity (Wildman–Crippen MR) is 260 cm³/mol. The molecule has 0 atom stereocenters. The molecule has 13 heteroatoms. The molecule has 0 radical (unpaired) electrons. The summed E-state index contributed by atoms with van der Waals surface area (Å²) >= 11 is 0. The number of rotatable bonds is 16. The Balaban J connectivity index is 1.31. The van der Waals surface area contributed by atoms with E-state index in [0.717, 1.165) is 50.6 Å². The summed E-state index contributed by atoms with van der Waals surface area (Å²) in [5.74, 6) is -0.498. The van der Waals surface area contributed by atoms with Gasteiger partial charge in [-0.3, -0.25) is 14.6 Å². The Morgan fingerprint density at radius 1 is 0.769 bits per heavy atom. The monoisotopic (exact) mass is 868 g/mol. The number of fused-ring (bicyclic) bond motifs is 2. The number of benzene rings is 4. The van der Waals surface area contributed by atoms with Crippen LogP contribution in [0.15, 0.2) is 158 Å². The lowest BCUT2D eigenvalue weighted by Crippen LogP contribution is -2.36. The first-order valence-corrected chi connectivity index (χ1v) is 21.9. The average molecular weight is 869 g/mol. The Morgan fingerprint density at radius 3 is 2.06 bits per heavy atom. The number of para-hydroxylation sites is 2. The van der Waals surface area contributed by atoms with Gasteiger partial charge in [0.15, 0.2) is 12.3 Å². The molecule has 330 valence electrons. The molecule has 4 aromatic carbocycles. The molecule has 65 heavy (non-hydrogen) atoms. The first-order chi connectivity index (χ1) is 31.1. The topological polar surface area (TPSA) is 158 Å². The van der Waals surface area contributed by atoms with Crippen molar-refractivity contribution in [1.29, 1.82) is 0 Å². The standard InChI is InChI=1S/C52H55B2N5O6/c1-35(2)49(60)55-30-15-31-56-50(61)37-24-27-44(57-32-37)36(25-28-47-51(3,4)40-18-9-13-22-45(40)58(47)33-38-16-7-11-20-42(38)53(62)63)26-29-48-52(5,6)41-19-10-14-23-46(41)59(48)34-39-17-8-12-21-43(39)54(64)65/h7-14,16-29,32,62-65H,1,15,30-31,33-34H2,2-6H3,(H-,55,56,60,61)/p+1. The Kier molecular flexibility index (Phi) is 14.0. The third-order valence-electron chi connectivity index (χ3n) is 12.4. The molecular formula is C52H56B2N5O6+. The summed E-state index contributed by atoms with van der Waals surface area (Å²) in [7, 11) is -3.26. The fourth-order valence-corrected chi connectivity index (χ4v) is 8.83. The minimum Gasteiger partial charge on any atom is -0.423 e. The van der Waals surface area contributed by atoms with Crippen molar-refractivity contribution < 1.29 is 34.3 Å². The first kappa shape index (κ1) is 46.4. The van der Waals surface area contributed by atoms with Crippen molar-refractivity contribution in [3.63, 3.8) is 0 Å². The fraction of sp³-hybridized carbons (Fsp3) is 0.231. The highest BCUT2D eigenvalue weighted by atomic mass is 16.4. The minimum atomic E-state index is -1.63. The van der Waals surface area contributed by atoms with Crippen LogP contribution in [0.2, 0.25) is 0 Å². The van der Waals surface area contributed by atoms with Crippen LogP contribution in [-0.4, -0.2) is 74.5 Å². The predicted octanol–water partition coefficient (Wildman–Crippen LogP) is 5.35. The molecule has 0 spiro atoms. The molecule has 3 heterocycles. The SMILES string of the molecule is C=C(C)C(=O)NCCCNC(=O)c1ccc(C(C=CC2=[N+](Cc3ccccc3B(O)O)c3ccccc3C2(C)C)=CC=C2N(Cc3ccccc3B(O)O)c3ccccc3C2(C)C)nc1. The summed E-state index contributed by atoms with van der Waals surface area (Å²) in [5.41, 5.74) is 10.1. The van der Waals surface area contributed by atoms with Crippen LogP contribution in [0.5, 0.6) is 0 Å². The van der Waals surface area contributed by atoms with E-state index in [1.54, 1.807) is 43.5 Å². The van der Waals surface area contributed by atoms with Gasteiger partial charge in [-0.1, -0.05) is 111 Å². The van der Waals surface area contributed by atoms with E-state index in [4.69, 9.17) is 4.98 Å². The molecule has 6 N–H and O–H groups in total.